The van der Waals surface area contributed by atoms with Crippen LogP contribution in [-0.4, -0.2) is 36.0 Å². The molecule has 3 heterocycles. The molecule has 1 aromatic carbocycles. The lowest BCUT2D eigenvalue weighted by molar-refractivity contribution is 0.307. The van der Waals surface area contributed by atoms with E-state index in [-0.39, 0.29) is 5.92 Å². The van der Waals surface area contributed by atoms with Gasteiger partial charge in [0.2, 0.25) is 0 Å². The van der Waals surface area contributed by atoms with E-state index in [1.54, 1.807) is 16.4 Å². The summed E-state index contributed by atoms with van der Waals surface area (Å²) in [5, 5.41) is 4.14. The maximum atomic E-state index is 12.7. The number of rotatable bonds is 4. The van der Waals surface area contributed by atoms with Gasteiger partial charge in [-0.3, -0.25) is 0 Å². The zero-order valence-corrected chi connectivity index (χ0v) is 17.8. The number of hydrogen-bond acceptors (Lipinski definition) is 6. The Kier molecular flexibility index (Phi) is 5.19. The van der Waals surface area contributed by atoms with Crippen molar-refractivity contribution in [3.8, 4) is 11.5 Å². The van der Waals surface area contributed by atoms with E-state index < -0.39 is 10.0 Å². The van der Waals surface area contributed by atoms with Crippen molar-refractivity contribution in [1.82, 2.24) is 14.4 Å². The van der Waals surface area contributed by atoms with E-state index in [1.807, 2.05) is 31.2 Å². The molecule has 0 saturated carbocycles. The van der Waals surface area contributed by atoms with Crippen molar-refractivity contribution in [3.05, 3.63) is 51.6 Å². The van der Waals surface area contributed by atoms with Crippen LogP contribution in [0.3, 0.4) is 0 Å². The van der Waals surface area contributed by atoms with Crippen LogP contribution in [0.25, 0.3) is 11.5 Å². The molecule has 0 radical (unpaired) electrons. The number of piperidine rings is 1. The molecule has 0 N–H and O–H groups in total. The molecular weight excluding hydrogens is 450 g/mol. The third kappa shape index (κ3) is 3.87. The van der Waals surface area contributed by atoms with Crippen LogP contribution in [0.5, 0.6) is 0 Å². The smallest absolute Gasteiger partial charge is 0.257 e. The van der Waals surface area contributed by atoms with Crippen molar-refractivity contribution < 1.29 is 12.9 Å². The van der Waals surface area contributed by atoms with Crippen LogP contribution in [-0.2, 0) is 10.0 Å². The van der Waals surface area contributed by atoms with Gasteiger partial charge in [-0.05, 0) is 60.0 Å². The molecule has 0 aliphatic carbocycles. The molecule has 0 bridgehead atoms. The highest BCUT2D eigenvalue weighted by Gasteiger charge is 2.32. The summed E-state index contributed by atoms with van der Waals surface area (Å²) in [4.78, 5) is 4.54. The van der Waals surface area contributed by atoms with Crippen LogP contribution in [0.15, 0.2) is 48.9 Å². The zero-order chi connectivity index (χ0) is 19.0. The average Bonchev–Trinajstić information content (AvgIpc) is 3.31. The summed E-state index contributed by atoms with van der Waals surface area (Å²) in [6, 6.07) is 11.3. The SMILES string of the molecule is Cc1cccc(-c2nc(C3CCN(S(=O)(=O)c4ccc(Br)s4)CC3)no2)c1. The number of halogens is 1. The van der Waals surface area contributed by atoms with Crippen LogP contribution in [0.2, 0.25) is 0 Å². The minimum Gasteiger partial charge on any atom is -0.334 e. The molecule has 1 fully saturated rings. The molecule has 6 nitrogen and oxygen atoms in total. The Morgan fingerprint density at radius 3 is 2.67 bits per heavy atom. The van der Waals surface area contributed by atoms with Crippen LogP contribution in [0.1, 0.15) is 30.1 Å². The van der Waals surface area contributed by atoms with Crippen molar-refractivity contribution in [2.24, 2.45) is 0 Å². The van der Waals surface area contributed by atoms with Gasteiger partial charge in [0.05, 0.1) is 3.79 Å². The largest absolute Gasteiger partial charge is 0.334 e. The van der Waals surface area contributed by atoms with Gasteiger partial charge in [0.1, 0.15) is 4.21 Å². The Morgan fingerprint density at radius 1 is 1.22 bits per heavy atom. The first-order valence-corrected chi connectivity index (χ1v) is 11.6. The van der Waals surface area contributed by atoms with E-state index in [2.05, 4.69) is 26.1 Å². The average molecular weight is 468 g/mol. The zero-order valence-electron chi connectivity index (χ0n) is 14.6. The molecule has 0 spiro atoms. The molecule has 4 rings (SSSR count). The van der Waals surface area contributed by atoms with E-state index in [1.165, 1.54) is 11.3 Å². The molecule has 0 amide bonds. The van der Waals surface area contributed by atoms with E-state index in [0.717, 1.165) is 14.9 Å². The van der Waals surface area contributed by atoms with Gasteiger partial charge in [0.25, 0.3) is 15.9 Å². The fourth-order valence-electron chi connectivity index (χ4n) is 3.21. The predicted octanol–water partition coefficient (Wildman–Crippen LogP) is 4.44. The molecule has 0 unspecified atom stereocenters. The predicted molar refractivity (Wildman–Crippen MR) is 107 cm³/mol. The Hall–Kier alpha value is -1.55. The summed E-state index contributed by atoms with van der Waals surface area (Å²) >= 11 is 4.56. The molecular formula is C18H18BrN3O3S2. The standard InChI is InChI=1S/C18H18BrN3O3S2/c1-12-3-2-4-14(11-12)18-20-17(21-25-18)13-7-9-22(10-8-13)27(23,24)16-6-5-15(19)26-16/h2-6,11,13H,7-10H2,1H3. The Bertz CT molecular complexity index is 1050. The van der Waals surface area contributed by atoms with E-state index in [0.29, 0.717) is 41.9 Å². The maximum Gasteiger partial charge on any atom is 0.257 e. The number of aromatic nitrogens is 2. The second-order valence-corrected chi connectivity index (χ2v) is 11.2. The van der Waals surface area contributed by atoms with Crippen LogP contribution in [0, 0.1) is 6.92 Å². The molecule has 1 aliphatic heterocycles. The first-order chi connectivity index (χ1) is 12.9. The third-order valence-electron chi connectivity index (χ3n) is 4.67. The summed E-state index contributed by atoms with van der Waals surface area (Å²) in [5.41, 5.74) is 2.03. The number of benzene rings is 1. The lowest BCUT2D eigenvalue weighted by Crippen LogP contribution is -2.37. The van der Waals surface area contributed by atoms with Gasteiger partial charge < -0.3 is 4.52 Å². The summed E-state index contributed by atoms with van der Waals surface area (Å²) < 4.78 is 33.6. The maximum absolute atomic E-state index is 12.7. The number of thiophene rings is 1. The van der Waals surface area contributed by atoms with Gasteiger partial charge in [-0.2, -0.15) is 9.29 Å². The van der Waals surface area contributed by atoms with Gasteiger partial charge in [-0.15, -0.1) is 11.3 Å². The number of aryl methyl sites for hydroxylation is 1. The lowest BCUT2D eigenvalue weighted by Gasteiger charge is -2.29. The van der Waals surface area contributed by atoms with E-state index >= 15 is 0 Å². The second-order valence-electron chi connectivity index (χ2n) is 6.56. The molecule has 0 atom stereocenters. The fourth-order valence-corrected chi connectivity index (χ4v) is 6.85. The van der Waals surface area contributed by atoms with Gasteiger partial charge in [0, 0.05) is 24.6 Å². The van der Waals surface area contributed by atoms with Crippen molar-refractivity contribution in [2.75, 3.05) is 13.1 Å². The summed E-state index contributed by atoms with van der Waals surface area (Å²) in [5.74, 6) is 1.27. The third-order valence-corrected chi connectivity index (χ3v) is 8.66. The van der Waals surface area contributed by atoms with Crippen molar-refractivity contribution >= 4 is 37.3 Å². The second kappa shape index (κ2) is 7.46. The molecule has 3 aromatic rings. The normalized spacial score (nSPS) is 16.7. The minimum atomic E-state index is -3.43. The summed E-state index contributed by atoms with van der Waals surface area (Å²) in [6.07, 6.45) is 1.36. The van der Waals surface area contributed by atoms with Gasteiger partial charge in [-0.25, -0.2) is 8.42 Å². The first kappa shape index (κ1) is 18.8. The number of hydrogen-bond donors (Lipinski definition) is 0. The fraction of sp³-hybridized carbons (Fsp3) is 0.333. The van der Waals surface area contributed by atoms with Crippen molar-refractivity contribution in [1.29, 1.82) is 0 Å². The molecule has 142 valence electrons. The molecule has 2 aromatic heterocycles. The van der Waals surface area contributed by atoms with Crippen LogP contribution in [0.4, 0.5) is 0 Å². The van der Waals surface area contributed by atoms with Gasteiger partial charge in [-0.1, -0.05) is 22.9 Å². The first-order valence-electron chi connectivity index (χ1n) is 8.59. The topological polar surface area (TPSA) is 76.3 Å². The monoisotopic (exact) mass is 467 g/mol. The van der Waals surface area contributed by atoms with Crippen molar-refractivity contribution in [2.45, 2.75) is 29.9 Å². The molecule has 27 heavy (non-hydrogen) atoms. The lowest BCUT2D eigenvalue weighted by atomic mass is 9.97. The quantitative estimate of drug-likeness (QED) is 0.566. The minimum absolute atomic E-state index is 0.105. The summed E-state index contributed by atoms with van der Waals surface area (Å²) in [7, 11) is -3.43. The van der Waals surface area contributed by atoms with E-state index in [4.69, 9.17) is 4.52 Å². The highest BCUT2D eigenvalue weighted by atomic mass is 79.9. The highest BCUT2D eigenvalue weighted by Crippen LogP contribution is 2.33. The molecule has 9 heteroatoms. The number of sulfonamides is 1. The van der Waals surface area contributed by atoms with Crippen molar-refractivity contribution in [3.63, 3.8) is 0 Å². The Morgan fingerprint density at radius 2 is 2.00 bits per heavy atom. The van der Waals surface area contributed by atoms with Gasteiger partial charge in [0.15, 0.2) is 5.82 Å². The molecule has 1 saturated heterocycles. The number of nitrogens with zero attached hydrogens (tertiary/aromatic N) is 3. The molecule has 1 aliphatic rings. The Balaban J connectivity index is 1.45. The highest BCUT2D eigenvalue weighted by molar-refractivity contribution is 9.11. The van der Waals surface area contributed by atoms with Crippen LogP contribution >= 0.6 is 27.3 Å². The summed E-state index contributed by atoms with van der Waals surface area (Å²) in [6.45, 7) is 2.93. The Labute approximate surface area is 170 Å². The van der Waals surface area contributed by atoms with E-state index in [9.17, 15) is 8.42 Å². The van der Waals surface area contributed by atoms with Crippen LogP contribution < -0.4 is 0 Å². The van der Waals surface area contributed by atoms with Gasteiger partial charge >= 0.3 is 0 Å².